The molecule has 64 valence electrons. The molecule has 0 fully saturated rings. The number of hydrogen-bond acceptors (Lipinski definition) is 2. The molecule has 0 saturated heterocycles. The van der Waals surface area contributed by atoms with Gasteiger partial charge in [0.25, 0.3) is 8.40 Å². The van der Waals surface area contributed by atoms with E-state index in [0.29, 0.717) is 0 Å². The smallest absolute Gasteiger partial charge is 0.251 e. The zero-order chi connectivity index (χ0) is 8.74. The lowest BCUT2D eigenvalue weighted by Crippen LogP contribution is -2.59. The van der Waals surface area contributed by atoms with E-state index in [0.717, 1.165) is 13.1 Å². The summed E-state index contributed by atoms with van der Waals surface area (Å²) < 4.78 is 0. The summed E-state index contributed by atoms with van der Waals surface area (Å²) in [4.78, 5) is 6.78. The van der Waals surface area contributed by atoms with Gasteiger partial charge >= 0.3 is 0 Å². The molecule has 0 aliphatic heterocycles. The van der Waals surface area contributed by atoms with Crippen LogP contribution in [0.1, 0.15) is 13.8 Å². The molecular weight excluding hydrogens is 152 g/mol. The van der Waals surface area contributed by atoms with Gasteiger partial charge in [0.1, 0.15) is 0 Å². The predicted molar refractivity (Wildman–Crippen MR) is 53.5 cm³/mol. The Bertz CT molecular complexity index is 118. The Morgan fingerprint density at radius 1 is 1.09 bits per heavy atom. The Morgan fingerprint density at radius 3 is 1.64 bits per heavy atom. The molecule has 0 aromatic heterocycles. The van der Waals surface area contributed by atoms with Crippen LogP contribution >= 0.6 is 0 Å². The molecule has 0 amide bonds. The Balaban J connectivity index is 4.18. The largest absolute Gasteiger partial charge is 0.319 e. The molecule has 0 aromatic carbocycles. The third kappa shape index (κ3) is 3.01. The van der Waals surface area contributed by atoms with E-state index in [1.165, 1.54) is 0 Å². The van der Waals surface area contributed by atoms with Gasteiger partial charge in [-0.2, -0.15) is 0 Å². The van der Waals surface area contributed by atoms with Gasteiger partial charge in [-0.1, -0.05) is 25.2 Å². The highest BCUT2D eigenvalue weighted by Crippen LogP contribution is 1.94. The van der Waals surface area contributed by atoms with Crippen LogP contribution in [0.15, 0.2) is 24.6 Å². The lowest BCUT2D eigenvalue weighted by atomic mass is 10.8. The molecule has 0 bridgehead atoms. The molecule has 3 heteroatoms. The summed E-state index contributed by atoms with van der Waals surface area (Å²) in [6, 6.07) is 0. The molecular formula is C8H18N2Si. The van der Waals surface area contributed by atoms with Crippen LogP contribution in [0, 0.1) is 0 Å². The minimum atomic E-state index is -1.72. The van der Waals surface area contributed by atoms with Crippen LogP contribution in [0.25, 0.3) is 0 Å². The van der Waals surface area contributed by atoms with E-state index in [4.69, 9.17) is 0 Å². The fourth-order valence-electron chi connectivity index (χ4n) is 1.02. The lowest BCUT2D eigenvalue weighted by molar-refractivity contribution is 0.883. The third-order valence-corrected chi connectivity index (χ3v) is 4.75. The van der Waals surface area contributed by atoms with Gasteiger partial charge in [-0.15, -0.1) is 13.2 Å². The summed E-state index contributed by atoms with van der Waals surface area (Å²) in [7, 11) is -1.72. The van der Waals surface area contributed by atoms with E-state index in [9.17, 15) is 0 Å². The second kappa shape index (κ2) is 5.29. The quantitative estimate of drug-likeness (QED) is 0.583. The highest BCUT2D eigenvalue weighted by atomic mass is 28.3. The van der Waals surface area contributed by atoms with Crippen molar-refractivity contribution >= 4 is 8.40 Å². The first-order valence-corrected chi connectivity index (χ1v) is 6.17. The molecule has 0 spiro atoms. The van der Waals surface area contributed by atoms with Crippen LogP contribution in [0.2, 0.25) is 0 Å². The van der Waals surface area contributed by atoms with Gasteiger partial charge in [-0.05, 0) is 13.1 Å². The summed E-state index contributed by atoms with van der Waals surface area (Å²) in [6.07, 6.45) is 0. The second-order valence-electron chi connectivity index (χ2n) is 2.34. The molecule has 2 nitrogen and oxygen atoms in total. The van der Waals surface area contributed by atoms with Crippen molar-refractivity contribution in [2.24, 2.45) is 0 Å². The van der Waals surface area contributed by atoms with Gasteiger partial charge in [0.2, 0.25) is 0 Å². The van der Waals surface area contributed by atoms with Gasteiger partial charge in [0.05, 0.1) is 0 Å². The topological polar surface area (TPSA) is 24.1 Å². The van der Waals surface area contributed by atoms with Crippen molar-refractivity contribution in [3.05, 3.63) is 24.6 Å². The van der Waals surface area contributed by atoms with Crippen molar-refractivity contribution in [3.63, 3.8) is 0 Å². The van der Waals surface area contributed by atoms with Crippen molar-refractivity contribution in [1.29, 1.82) is 0 Å². The molecule has 2 N–H and O–H groups in total. The lowest BCUT2D eigenvalue weighted by Gasteiger charge is -2.24. The minimum absolute atomic E-state index is 0.956. The van der Waals surface area contributed by atoms with E-state index in [-0.39, 0.29) is 0 Å². The van der Waals surface area contributed by atoms with E-state index in [1.54, 1.807) is 0 Å². The fourth-order valence-corrected chi connectivity index (χ4v) is 3.06. The molecule has 11 heavy (non-hydrogen) atoms. The van der Waals surface area contributed by atoms with E-state index < -0.39 is 8.40 Å². The zero-order valence-corrected chi connectivity index (χ0v) is 8.48. The maximum Gasteiger partial charge on any atom is 0.251 e. The van der Waals surface area contributed by atoms with Crippen molar-refractivity contribution in [2.75, 3.05) is 13.1 Å². The molecule has 0 aromatic rings. The van der Waals surface area contributed by atoms with Crippen molar-refractivity contribution in [1.82, 2.24) is 9.96 Å². The van der Waals surface area contributed by atoms with Gasteiger partial charge < -0.3 is 9.96 Å². The summed E-state index contributed by atoms with van der Waals surface area (Å²) in [5.41, 5.74) is 3.93. The molecule has 0 aliphatic carbocycles. The van der Waals surface area contributed by atoms with Crippen molar-refractivity contribution in [3.8, 4) is 0 Å². The summed E-state index contributed by atoms with van der Waals surface area (Å²) in [5, 5.41) is 0. The first-order chi connectivity index (χ1) is 5.24. The Kier molecular flexibility index (Phi) is 5.11. The molecule has 0 atom stereocenters. The van der Waals surface area contributed by atoms with Crippen LogP contribution in [0.3, 0.4) is 0 Å². The Morgan fingerprint density at radius 2 is 1.45 bits per heavy atom. The highest BCUT2D eigenvalue weighted by Gasteiger charge is 2.23. The Hall–Kier alpha value is -0.383. The number of hydrogen-bond donors (Lipinski definition) is 2. The van der Waals surface area contributed by atoms with Crippen molar-refractivity contribution < 1.29 is 0 Å². The monoisotopic (exact) mass is 170 g/mol. The second-order valence-corrected chi connectivity index (χ2v) is 5.60. The fraction of sp³-hybridized carbons (Fsp3) is 0.500. The molecule has 0 heterocycles. The molecule has 0 saturated carbocycles. The maximum atomic E-state index is 3.81. The third-order valence-electron chi connectivity index (χ3n) is 1.58. The predicted octanol–water partition coefficient (Wildman–Crippen LogP) is 1.10. The van der Waals surface area contributed by atoms with Gasteiger partial charge in [0.15, 0.2) is 0 Å². The first-order valence-electron chi connectivity index (χ1n) is 4.02. The molecule has 0 radical (unpaired) electrons. The average molecular weight is 170 g/mol. The number of nitrogens with one attached hydrogen (secondary N) is 2. The minimum Gasteiger partial charge on any atom is -0.319 e. The van der Waals surface area contributed by atoms with E-state index in [1.807, 2.05) is 11.4 Å². The SMILES string of the molecule is C=C[Si](C=C)(NCC)NCC. The summed E-state index contributed by atoms with van der Waals surface area (Å²) in [6.45, 7) is 13.7. The molecule has 0 unspecified atom stereocenters. The first kappa shape index (κ1) is 10.6. The standard InChI is InChI=1S/C8H18N2Si/c1-5-9-11(7-3,8-4)10-6-2/h7-10H,3-6H2,1-2H3. The maximum absolute atomic E-state index is 3.81. The average Bonchev–Trinajstić information content (AvgIpc) is 2.04. The van der Waals surface area contributed by atoms with Gasteiger partial charge in [-0.25, -0.2) is 0 Å². The van der Waals surface area contributed by atoms with Crippen LogP contribution in [0.5, 0.6) is 0 Å². The highest BCUT2D eigenvalue weighted by molar-refractivity contribution is 6.84. The van der Waals surface area contributed by atoms with Crippen LogP contribution in [-0.4, -0.2) is 21.5 Å². The zero-order valence-electron chi connectivity index (χ0n) is 7.48. The summed E-state index contributed by atoms with van der Waals surface area (Å²) in [5.74, 6) is 0. The Labute approximate surface area is 70.6 Å². The molecule has 0 rings (SSSR count). The number of rotatable bonds is 6. The summed E-state index contributed by atoms with van der Waals surface area (Å²) >= 11 is 0. The van der Waals surface area contributed by atoms with Gasteiger partial charge in [0, 0.05) is 0 Å². The van der Waals surface area contributed by atoms with E-state index in [2.05, 4.69) is 37.0 Å². The van der Waals surface area contributed by atoms with E-state index >= 15 is 0 Å². The van der Waals surface area contributed by atoms with Crippen LogP contribution in [0.4, 0.5) is 0 Å². The van der Waals surface area contributed by atoms with Crippen molar-refractivity contribution in [2.45, 2.75) is 13.8 Å². The van der Waals surface area contributed by atoms with Crippen LogP contribution in [-0.2, 0) is 0 Å². The normalized spacial score (nSPS) is 11.1. The van der Waals surface area contributed by atoms with Crippen LogP contribution < -0.4 is 9.96 Å². The molecule has 0 aliphatic rings. The van der Waals surface area contributed by atoms with Gasteiger partial charge in [-0.3, -0.25) is 0 Å².